The van der Waals surface area contributed by atoms with Crippen molar-refractivity contribution in [2.45, 2.75) is 108 Å². The minimum atomic E-state index is -1.31. The Morgan fingerprint density at radius 1 is 0.857 bits per heavy atom. The van der Waals surface area contributed by atoms with Gasteiger partial charge in [-0.05, 0) is 68.6 Å². The molecular formula is C40H67N13O10. The summed E-state index contributed by atoms with van der Waals surface area (Å²) in [5, 5.41) is 29.5. The number of amides is 6. The fraction of sp³-hybridized carbons (Fsp3) is 0.625. The van der Waals surface area contributed by atoms with Crippen molar-refractivity contribution in [3.05, 3.63) is 29.8 Å². The summed E-state index contributed by atoms with van der Waals surface area (Å²) in [4.78, 5) is 104. The fourth-order valence-corrected chi connectivity index (χ4v) is 7.03. The number of carboxylic acids is 1. The highest BCUT2D eigenvalue weighted by atomic mass is 16.5. The maximum atomic E-state index is 14.4. The number of likely N-dealkylation sites (N-methyl/N-ethyl adjacent to an activating group) is 1. The molecule has 6 amide bonds. The molecule has 352 valence electrons. The van der Waals surface area contributed by atoms with E-state index in [4.69, 9.17) is 38.5 Å². The number of ether oxygens (including phenoxy) is 1. The lowest BCUT2D eigenvalue weighted by Gasteiger charge is -2.35. The lowest BCUT2D eigenvalue weighted by Crippen LogP contribution is -2.61. The Morgan fingerprint density at radius 2 is 1.46 bits per heavy atom. The molecular weight excluding hydrogens is 823 g/mol. The monoisotopic (exact) mass is 890 g/mol. The Labute approximate surface area is 367 Å². The number of nitrogens with one attached hydrogen (secondary N) is 4. The highest BCUT2D eigenvalue weighted by molar-refractivity contribution is 5.97. The van der Waals surface area contributed by atoms with Gasteiger partial charge in [0.05, 0.1) is 12.6 Å². The Morgan fingerprint density at radius 3 is 2.03 bits per heavy atom. The van der Waals surface area contributed by atoms with E-state index in [-0.39, 0.29) is 89.0 Å². The highest BCUT2D eigenvalue weighted by Crippen LogP contribution is 2.21. The first-order chi connectivity index (χ1) is 29.8. The summed E-state index contributed by atoms with van der Waals surface area (Å²) in [5.41, 5.74) is 28.5. The van der Waals surface area contributed by atoms with Crippen LogP contribution in [0.25, 0.3) is 0 Å². The van der Waals surface area contributed by atoms with Crippen LogP contribution in [0.5, 0.6) is 5.75 Å². The molecule has 0 spiro atoms. The Hall–Kier alpha value is -6.23. The molecule has 16 N–H and O–H groups in total. The third kappa shape index (κ3) is 18.3. The van der Waals surface area contributed by atoms with E-state index in [1.165, 1.54) is 36.1 Å². The minimum absolute atomic E-state index is 0.0229. The normalized spacial score (nSPS) is 15.8. The summed E-state index contributed by atoms with van der Waals surface area (Å²) in [6.45, 7) is 3.84. The van der Waals surface area contributed by atoms with Gasteiger partial charge in [-0.25, -0.2) is 0 Å². The van der Waals surface area contributed by atoms with E-state index < -0.39 is 83.6 Å². The highest BCUT2D eigenvalue weighted by Gasteiger charge is 2.40. The van der Waals surface area contributed by atoms with Crippen molar-refractivity contribution in [1.29, 1.82) is 0 Å². The number of aliphatic imine (C=N–C) groups is 2. The summed E-state index contributed by atoms with van der Waals surface area (Å²) in [6.07, 6.45) is 1.72. The zero-order valence-electron chi connectivity index (χ0n) is 36.6. The molecule has 0 aliphatic carbocycles. The van der Waals surface area contributed by atoms with Gasteiger partial charge >= 0.3 is 5.97 Å². The number of phenols is 1. The van der Waals surface area contributed by atoms with Gasteiger partial charge < -0.3 is 74.7 Å². The molecule has 0 saturated carbocycles. The molecule has 1 aliphatic heterocycles. The summed E-state index contributed by atoms with van der Waals surface area (Å²) in [5.74, 6) is -5.66. The molecule has 0 radical (unpaired) electrons. The molecule has 23 heteroatoms. The predicted octanol–water partition coefficient (Wildman–Crippen LogP) is -3.08. The van der Waals surface area contributed by atoms with Crippen molar-refractivity contribution >= 4 is 53.3 Å². The molecule has 1 aromatic rings. The number of benzene rings is 1. The average Bonchev–Trinajstić information content (AvgIpc) is 3.72. The Balaban J connectivity index is 2.36. The van der Waals surface area contributed by atoms with Gasteiger partial charge in [-0.2, -0.15) is 0 Å². The number of hydrogen-bond acceptors (Lipinski definition) is 12. The number of aromatic hydroxyl groups is 1. The number of aliphatic carboxylic acids is 1. The quantitative estimate of drug-likeness (QED) is 0.0237. The van der Waals surface area contributed by atoms with Gasteiger partial charge in [0, 0.05) is 53.2 Å². The standard InChI is InChI=1S/C40H67N13O10/c1-23(2)32(36(60)50-28(21-24-13-15-25(54)16-14-24)34(58)51-29(22-63-4)33(57)46-17-7-12-31(55)56)52(3)38(62)27(10-6-19-48-40(44)45)49-35(59)30-11-8-20-53(30)37(61)26(41)9-5-18-47-39(42)43/h13-16,23,26-30,32,54H,5-12,17-22,41H2,1-4H3,(H,46,57)(H,49,59)(H,50,60)(H,51,58)(H,55,56)(H4,42,43,47)(H4,44,45,48)/t26-,27-,28-,29-,30-,32-/m0/s1. The molecule has 1 saturated heterocycles. The largest absolute Gasteiger partial charge is 0.508 e. The predicted molar refractivity (Wildman–Crippen MR) is 233 cm³/mol. The van der Waals surface area contributed by atoms with Crippen LogP contribution in [0.3, 0.4) is 0 Å². The van der Waals surface area contributed by atoms with Gasteiger partial charge in [0.1, 0.15) is 36.0 Å². The van der Waals surface area contributed by atoms with Crippen molar-refractivity contribution in [1.82, 2.24) is 31.1 Å². The van der Waals surface area contributed by atoms with Gasteiger partial charge in [0.2, 0.25) is 35.4 Å². The lowest BCUT2D eigenvalue weighted by atomic mass is 9.98. The smallest absolute Gasteiger partial charge is 0.303 e. The SMILES string of the molecule is COC[C@H](NC(=O)[C@H](Cc1ccc(O)cc1)NC(=O)[C@H](C(C)C)N(C)C(=O)[C@H](CCCN=C(N)N)NC(=O)[C@@H]1CCCN1C(=O)[C@@H](N)CCCN=C(N)N)C(=O)NCCCC(=O)O. The third-order valence-electron chi connectivity index (χ3n) is 10.2. The number of carbonyl (C=O) groups is 7. The van der Waals surface area contributed by atoms with Crippen molar-refractivity contribution < 1.29 is 48.5 Å². The van der Waals surface area contributed by atoms with Gasteiger partial charge in [-0.1, -0.05) is 26.0 Å². The zero-order valence-corrected chi connectivity index (χ0v) is 36.6. The number of guanidine groups is 2. The molecule has 1 aliphatic rings. The zero-order chi connectivity index (χ0) is 47.2. The van der Waals surface area contributed by atoms with Crippen molar-refractivity contribution in [3.63, 3.8) is 0 Å². The Bertz CT molecular complexity index is 1750. The molecule has 0 aromatic heterocycles. The molecule has 1 fully saturated rings. The summed E-state index contributed by atoms with van der Waals surface area (Å²) in [6, 6.07) is -0.856. The second-order valence-corrected chi connectivity index (χ2v) is 15.6. The summed E-state index contributed by atoms with van der Waals surface area (Å²) in [7, 11) is 2.72. The van der Waals surface area contributed by atoms with Gasteiger partial charge in [0.15, 0.2) is 11.9 Å². The molecule has 63 heavy (non-hydrogen) atoms. The first-order valence-corrected chi connectivity index (χ1v) is 20.9. The topological polar surface area (TPSA) is 379 Å². The van der Waals surface area contributed by atoms with Crippen LogP contribution in [0, 0.1) is 5.92 Å². The number of likely N-dealkylation sites (tertiary alicyclic amines) is 1. The van der Waals surface area contributed by atoms with Crippen LogP contribution in [0.4, 0.5) is 0 Å². The maximum Gasteiger partial charge on any atom is 0.303 e. The molecule has 23 nitrogen and oxygen atoms in total. The van der Waals surface area contributed by atoms with E-state index in [9.17, 15) is 38.7 Å². The van der Waals surface area contributed by atoms with Gasteiger partial charge in [-0.3, -0.25) is 43.5 Å². The molecule has 0 unspecified atom stereocenters. The second kappa shape index (κ2) is 27.0. The second-order valence-electron chi connectivity index (χ2n) is 15.6. The number of hydrogen-bond donors (Lipinski definition) is 11. The number of carbonyl (C=O) groups excluding carboxylic acids is 6. The molecule has 1 heterocycles. The first-order valence-electron chi connectivity index (χ1n) is 20.9. The van der Waals surface area contributed by atoms with E-state index in [1.54, 1.807) is 26.0 Å². The average molecular weight is 890 g/mol. The molecule has 2 rings (SSSR count). The molecule has 6 atom stereocenters. The first kappa shape index (κ1) is 52.9. The van der Waals surface area contributed by atoms with Crippen molar-refractivity contribution in [2.75, 3.05) is 46.9 Å². The van der Waals surface area contributed by atoms with Crippen LogP contribution in [0.2, 0.25) is 0 Å². The van der Waals surface area contributed by atoms with Crippen LogP contribution >= 0.6 is 0 Å². The number of methoxy groups -OCH3 is 1. The van der Waals surface area contributed by atoms with Crippen LogP contribution in [-0.2, 0) is 44.7 Å². The Kier molecular flexibility index (Phi) is 22.6. The van der Waals surface area contributed by atoms with E-state index in [0.29, 0.717) is 24.8 Å². The third-order valence-corrected chi connectivity index (χ3v) is 10.2. The van der Waals surface area contributed by atoms with Crippen LogP contribution in [0.1, 0.15) is 70.8 Å². The van der Waals surface area contributed by atoms with Crippen molar-refractivity contribution in [3.8, 4) is 5.75 Å². The van der Waals surface area contributed by atoms with Crippen LogP contribution in [-0.4, -0.2) is 157 Å². The summed E-state index contributed by atoms with van der Waals surface area (Å²) < 4.78 is 5.16. The van der Waals surface area contributed by atoms with E-state index in [2.05, 4.69) is 31.3 Å². The maximum absolute atomic E-state index is 14.4. The van der Waals surface area contributed by atoms with E-state index in [1.807, 2.05) is 0 Å². The van der Waals surface area contributed by atoms with Gasteiger partial charge in [-0.15, -0.1) is 0 Å². The van der Waals surface area contributed by atoms with Crippen LogP contribution in [0.15, 0.2) is 34.3 Å². The lowest BCUT2D eigenvalue weighted by molar-refractivity contribution is -0.145. The summed E-state index contributed by atoms with van der Waals surface area (Å²) >= 11 is 0. The van der Waals surface area contributed by atoms with Gasteiger partial charge in [0.25, 0.3) is 0 Å². The van der Waals surface area contributed by atoms with E-state index >= 15 is 0 Å². The molecule has 1 aromatic carbocycles. The minimum Gasteiger partial charge on any atom is -0.508 e. The number of nitrogens with two attached hydrogens (primary N) is 5. The fourth-order valence-electron chi connectivity index (χ4n) is 7.03. The molecule has 0 bridgehead atoms. The number of nitrogens with zero attached hydrogens (tertiary/aromatic N) is 4. The van der Waals surface area contributed by atoms with Crippen LogP contribution < -0.4 is 49.9 Å². The van der Waals surface area contributed by atoms with E-state index in [0.717, 1.165) is 0 Å². The number of phenolic OH excluding ortho intramolecular Hbond substituents is 1. The van der Waals surface area contributed by atoms with Crippen molar-refractivity contribution in [2.24, 2.45) is 44.6 Å². The number of carboxylic acid groups (broad SMARTS) is 1. The number of rotatable bonds is 27.